The van der Waals surface area contributed by atoms with Crippen LogP contribution in [0, 0.1) is 12.8 Å². The molecular formula is C25H33N3O5. The SMILES string of the molecule is COCC(=O)N(C)C[C@H]1Oc2ncc(-c3ccc(C)cc3)cc2C(=O)N([C@H](C)CO)C[C@H]1C. The summed E-state index contributed by atoms with van der Waals surface area (Å²) >= 11 is 0. The molecule has 8 nitrogen and oxygen atoms in total. The van der Waals surface area contributed by atoms with Crippen LogP contribution in [0.25, 0.3) is 11.1 Å². The van der Waals surface area contributed by atoms with Crippen molar-refractivity contribution in [2.45, 2.75) is 32.9 Å². The zero-order chi connectivity index (χ0) is 24.1. The minimum Gasteiger partial charge on any atom is -0.472 e. The van der Waals surface area contributed by atoms with Crippen LogP contribution in [0.1, 0.15) is 29.8 Å². The first-order valence-corrected chi connectivity index (χ1v) is 11.1. The molecule has 33 heavy (non-hydrogen) atoms. The number of pyridine rings is 1. The number of aromatic nitrogens is 1. The number of carbonyl (C=O) groups excluding carboxylic acids is 2. The number of aliphatic hydroxyl groups is 1. The quantitative estimate of drug-likeness (QED) is 0.689. The van der Waals surface area contributed by atoms with Crippen molar-refractivity contribution in [3.05, 3.63) is 47.7 Å². The molecule has 0 fully saturated rings. The number of nitrogens with zero attached hydrogens (tertiary/aromatic N) is 3. The molecule has 0 saturated heterocycles. The van der Waals surface area contributed by atoms with Crippen molar-refractivity contribution in [1.29, 1.82) is 0 Å². The summed E-state index contributed by atoms with van der Waals surface area (Å²) in [6, 6.07) is 9.41. The molecule has 2 amide bonds. The third-order valence-electron chi connectivity index (χ3n) is 6.05. The highest BCUT2D eigenvalue weighted by Gasteiger charge is 2.34. The van der Waals surface area contributed by atoms with Crippen LogP contribution in [0.5, 0.6) is 5.88 Å². The summed E-state index contributed by atoms with van der Waals surface area (Å²) in [4.78, 5) is 33.5. The van der Waals surface area contributed by atoms with Crippen LogP contribution in [-0.4, -0.2) is 84.3 Å². The number of methoxy groups -OCH3 is 1. The minimum absolute atomic E-state index is 0.0154. The Morgan fingerprint density at radius 1 is 1.33 bits per heavy atom. The van der Waals surface area contributed by atoms with Gasteiger partial charge in [0.15, 0.2) is 0 Å². The molecule has 0 saturated carbocycles. The van der Waals surface area contributed by atoms with Crippen LogP contribution in [0.2, 0.25) is 0 Å². The Balaban J connectivity index is 2.00. The summed E-state index contributed by atoms with van der Waals surface area (Å²) in [7, 11) is 3.18. The lowest BCUT2D eigenvalue weighted by atomic mass is 9.99. The molecule has 1 N–H and O–H groups in total. The van der Waals surface area contributed by atoms with Crippen molar-refractivity contribution in [3.63, 3.8) is 0 Å². The summed E-state index contributed by atoms with van der Waals surface area (Å²) in [6.45, 7) is 6.33. The van der Waals surface area contributed by atoms with E-state index < -0.39 is 6.10 Å². The fourth-order valence-electron chi connectivity index (χ4n) is 3.83. The van der Waals surface area contributed by atoms with Gasteiger partial charge < -0.3 is 24.4 Å². The van der Waals surface area contributed by atoms with Crippen LogP contribution < -0.4 is 4.74 Å². The molecule has 1 aliphatic rings. The highest BCUT2D eigenvalue weighted by Crippen LogP contribution is 2.30. The molecule has 1 aromatic carbocycles. The molecule has 3 atom stereocenters. The van der Waals surface area contributed by atoms with Gasteiger partial charge in [0.25, 0.3) is 5.91 Å². The average Bonchev–Trinajstić information content (AvgIpc) is 2.81. The summed E-state index contributed by atoms with van der Waals surface area (Å²) in [6.07, 6.45) is 1.30. The largest absolute Gasteiger partial charge is 0.472 e. The number of carbonyl (C=O) groups is 2. The number of ether oxygens (including phenoxy) is 2. The maximum Gasteiger partial charge on any atom is 0.259 e. The van der Waals surface area contributed by atoms with Gasteiger partial charge >= 0.3 is 0 Å². The lowest BCUT2D eigenvalue weighted by Crippen LogP contribution is -2.50. The second kappa shape index (κ2) is 10.8. The molecule has 1 aromatic heterocycles. The number of amides is 2. The number of fused-ring (bicyclic) bond motifs is 1. The van der Waals surface area contributed by atoms with Crippen LogP contribution in [0.4, 0.5) is 0 Å². The first kappa shape index (κ1) is 24.7. The second-order valence-electron chi connectivity index (χ2n) is 8.77. The predicted octanol–water partition coefficient (Wildman–Crippen LogP) is 2.38. The van der Waals surface area contributed by atoms with Crippen molar-refractivity contribution in [3.8, 4) is 17.0 Å². The Kier molecular flexibility index (Phi) is 8.05. The number of rotatable bonds is 7. The van der Waals surface area contributed by atoms with Gasteiger partial charge in [-0.2, -0.15) is 0 Å². The third kappa shape index (κ3) is 5.69. The summed E-state index contributed by atoms with van der Waals surface area (Å²) in [5.74, 6) is -0.264. The van der Waals surface area contributed by atoms with Crippen molar-refractivity contribution < 1.29 is 24.2 Å². The first-order chi connectivity index (χ1) is 15.7. The van der Waals surface area contributed by atoms with Crippen molar-refractivity contribution in [2.24, 2.45) is 5.92 Å². The van der Waals surface area contributed by atoms with Crippen LogP contribution in [0.15, 0.2) is 36.5 Å². The Morgan fingerprint density at radius 2 is 2.03 bits per heavy atom. The predicted molar refractivity (Wildman–Crippen MR) is 125 cm³/mol. The topological polar surface area (TPSA) is 92.2 Å². The van der Waals surface area contributed by atoms with Crippen molar-refractivity contribution >= 4 is 11.8 Å². The average molecular weight is 456 g/mol. The molecule has 3 rings (SSSR count). The lowest BCUT2D eigenvalue weighted by Gasteiger charge is -2.37. The molecule has 2 heterocycles. The summed E-state index contributed by atoms with van der Waals surface area (Å²) < 4.78 is 11.2. The van der Waals surface area contributed by atoms with Gasteiger partial charge in [-0.3, -0.25) is 9.59 Å². The maximum absolute atomic E-state index is 13.5. The van der Waals surface area contributed by atoms with Crippen LogP contribution in [0.3, 0.4) is 0 Å². The number of hydrogen-bond donors (Lipinski definition) is 1. The van der Waals surface area contributed by atoms with Gasteiger partial charge in [0, 0.05) is 38.4 Å². The molecule has 0 spiro atoms. The maximum atomic E-state index is 13.5. The molecule has 0 aliphatic carbocycles. The fraction of sp³-hybridized carbons (Fsp3) is 0.480. The monoisotopic (exact) mass is 455 g/mol. The Bertz CT molecular complexity index is 979. The third-order valence-corrected chi connectivity index (χ3v) is 6.05. The molecule has 0 unspecified atom stereocenters. The zero-order valence-electron chi connectivity index (χ0n) is 19.9. The van der Waals surface area contributed by atoms with Gasteiger partial charge in [-0.15, -0.1) is 0 Å². The second-order valence-corrected chi connectivity index (χ2v) is 8.77. The highest BCUT2D eigenvalue weighted by molar-refractivity contribution is 5.98. The highest BCUT2D eigenvalue weighted by atomic mass is 16.5. The zero-order valence-corrected chi connectivity index (χ0v) is 19.9. The van der Waals surface area contributed by atoms with E-state index in [2.05, 4.69) is 4.98 Å². The van der Waals surface area contributed by atoms with Gasteiger partial charge in [-0.05, 0) is 25.5 Å². The lowest BCUT2D eigenvalue weighted by molar-refractivity contribution is -0.135. The Morgan fingerprint density at radius 3 is 2.67 bits per heavy atom. The number of aliphatic hydroxyl groups excluding tert-OH is 1. The molecular weight excluding hydrogens is 422 g/mol. The number of aryl methyl sites for hydroxylation is 1. The van der Waals surface area contributed by atoms with Gasteiger partial charge in [0.1, 0.15) is 18.3 Å². The smallest absolute Gasteiger partial charge is 0.259 e. The normalized spacial score (nSPS) is 19.2. The van der Waals surface area contributed by atoms with Gasteiger partial charge in [0.2, 0.25) is 11.8 Å². The van der Waals surface area contributed by atoms with Gasteiger partial charge in [-0.25, -0.2) is 4.98 Å². The van der Waals surface area contributed by atoms with Crippen molar-refractivity contribution in [2.75, 3.05) is 40.5 Å². The molecule has 2 aromatic rings. The van der Waals surface area contributed by atoms with Crippen LogP contribution >= 0.6 is 0 Å². The standard InChI is InChI=1S/C25H33N3O5/c1-16-6-8-19(9-7-16)20-10-21-24(26-11-20)33-22(13-27(4)23(30)15-32-5)17(2)12-28(25(21)31)18(3)14-29/h6-11,17-18,22,29H,12-15H2,1-5H3/t17-,18-,22-/m1/s1. The number of benzene rings is 1. The van der Waals surface area contributed by atoms with E-state index in [4.69, 9.17) is 9.47 Å². The molecule has 1 aliphatic heterocycles. The molecule has 8 heteroatoms. The summed E-state index contributed by atoms with van der Waals surface area (Å²) in [5.41, 5.74) is 3.24. The molecule has 0 radical (unpaired) electrons. The van der Waals surface area contributed by atoms with E-state index in [1.807, 2.05) is 45.0 Å². The van der Waals surface area contributed by atoms with E-state index in [-0.39, 0.29) is 42.9 Å². The van der Waals surface area contributed by atoms with E-state index in [1.54, 1.807) is 29.1 Å². The van der Waals surface area contributed by atoms with E-state index in [1.165, 1.54) is 7.11 Å². The Labute approximate surface area is 195 Å². The molecule has 0 bridgehead atoms. The Hall–Kier alpha value is -2.97. The van der Waals surface area contributed by atoms with Crippen LogP contribution in [-0.2, 0) is 9.53 Å². The van der Waals surface area contributed by atoms with E-state index in [0.717, 1.165) is 16.7 Å². The minimum atomic E-state index is -0.395. The van der Waals surface area contributed by atoms with E-state index >= 15 is 0 Å². The van der Waals surface area contributed by atoms with E-state index in [9.17, 15) is 14.7 Å². The number of likely N-dealkylation sites (N-methyl/N-ethyl adjacent to an activating group) is 1. The van der Waals surface area contributed by atoms with Crippen molar-refractivity contribution in [1.82, 2.24) is 14.8 Å². The fourth-order valence-corrected chi connectivity index (χ4v) is 3.83. The summed E-state index contributed by atoms with van der Waals surface area (Å²) in [5, 5.41) is 9.80. The molecule has 178 valence electrons. The van der Waals surface area contributed by atoms with Gasteiger partial charge in [-0.1, -0.05) is 36.8 Å². The number of hydrogen-bond acceptors (Lipinski definition) is 6. The van der Waals surface area contributed by atoms with E-state index in [0.29, 0.717) is 18.7 Å². The van der Waals surface area contributed by atoms with Gasteiger partial charge in [0.05, 0.1) is 19.2 Å². The first-order valence-electron chi connectivity index (χ1n) is 11.1.